The molecule has 0 radical (unpaired) electrons. The van der Waals surface area contributed by atoms with Crippen molar-refractivity contribution in [2.24, 2.45) is 0 Å². The highest BCUT2D eigenvalue weighted by Gasteiger charge is 2.15. The monoisotopic (exact) mass is 404 g/mol. The Labute approximate surface area is 175 Å². The first-order valence-corrected chi connectivity index (χ1v) is 9.77. The second-order valence-electron chi connectivity index (χ2n) is 6.50. The van der Waals surface area contributed by atoms with Crippen molar-refractivity contribution in [1.82, 2.24) is 10.6 Å². The molecule has 0 spiro atoms. The Bertz CT molecular complexity index is 978. The van der Waals surface area contributed by atoms with Crippen molar-refractivity contribution in [1.29, 1.82) is 0 Å². The van der Waals surface area contributed by atoms with Gasteiger partial charge in [-0.3, -0.25) is 9.59 Å². The first-order chi connectivity index (χ1) is 14.7. The zero-order chi connectivity index (χ0) is 21.2. The quantitative estimate of drug-likeness (QED) is 0.420. The Morgan fingerprint density at radius 2 is 1.77 bits per heavy atom. The number of carbonyl (C=O) groups excluding carboxylic acids is 2. The van der Waals surface area contributed by atoms with Crippen molar-refractivity contribution in [2.45, 2.75) is 13.3 Å². The fourth-order valence-electron chi connectivity index (χ4n) is 2.71. The SMILES string of the molecule is CCc1ccc(OCCNC(=O)/C(=C/c2ccco2)NC(=O)c2ccccc2)cc1. The van der Waals surface area contributed by atoms with Crippen LogP contribution in [0, 0.1) is 0 Å². The minimum Gasteiger partial charge on any atom is -0.492 e. The van der Waals surface area contributed by atoms with Crippen molar-refractivity contribution in [3.63, 3.8) is 0 Å². The van der Waals surface area contributed by atoms with Crippen molar-refractivity contribution in [3.8, 4) is 5.75 Å². The maximum atomic E-state index is 12.6. The van der Waals surface area contributed by atoms with E-state index in [0.717, 1.165) is 12.2 Å². The van der Waals surface area contributed by atoms with E-state index < -0.39 is 5.91 Å². The van der Waals surface area contributed by atoms with Crippen LogP contribution in [0.4, 0.5) is 0 Å². The number of rotatable bonds is 9. The van der Waals surface area contributed by atoms with Gasteiger partial charge in [-0.15, -0.1) is 0 Å². The highest BCUT2D eigenvalue weighted by atomic mass is 16.5. The molecule has 1 aromatic heterocycles. The molecule has 1 heterocycles. The lowest BCUT2D eigenvalue weighted by atomic mass is 10.2. The number of aryl methyl sites for hydroxylation is 1. The molecule has 3 rings (SSSR count). The van der Waals surface area contributed by atoms with E-state index in [-0.39, 0.29) is 18.1 Å². The van der Waals surface area contributed by atoms with Gasteiger partial charge in [0.15, 0.2) is 0 Å². The smallest absolute Gasteiger partial charge is 0.268 e. The summed E-state index contributed by atoms with van der Waals surface area (Å²) in [7, 11) is 0. The van der Waals surface area contributed by atoms with Crippen molar-refractivity contribution >= 4 is 17.9 Å². The summed E-state index contributed by atoms with van der Waals surface area (Å²) in [5.74, 6) is 0.391. The van der Waals surface area contributed by atoms with Crippen LogP contribution in [0.3, 0.4) is 0 Å². The minimum atomic E-state index is -0.430. The Hall–Kier alpha value is -3.80. The van der Waals surface area contributed by atoms with Crippen LogP contribution in [0.15, 0.2) is 83.1 Å². The molecular weight excluding hydrogens is 380 g/mol. The third-order valence-electron chi connectivity index (χ3n) is 4.35. The average molecular weight is 404 g/mol. The molecule has 0 unspecified atom stereocenters. The first kappa shape index (κ1) is 20.9. The number of nitrogens with one attached hydrogen (secondary N) is 2. The minimum absolute atomic E-state index is 0.0890. The molecule has 3 aromatic rings. The van der Waals surface area contributed by atoms with E-state index in [1.165, 1.54) is 17.9 Å². The van der Waals surface area contributed by atoms with E-state index in [2.05, 4.69) is 17.6 Å². The maximum absolute atomic E-state index is 12.6. The van der Waals surface area contributed by atoms with Crippen molar-refractivity contribution in [3.05, 3.63) is 95.6 Å². The number of furan rings is 1. The lowest BCUT2D eigenvalue weighted by Gasteiger charge is -2.11. The summed E-state index contributed by atoms with van der Waals surface area (Å²) in [6.45, 7) is 2.68. The number of ether oxygens (including phenoxy) is 1. The number of carbonyl (C=O) groups is 2. The molecule has 2 amide bonds. The van der Waals surface area contributed by atoms with E-state index in [9.17, 15) is 9.59 Å². The van der Waals surface area contributed by atoms with E-state index in [0.29, 0.717) is 17.9 Å². The average Bonchev–Trinajstić information content (AvgIpc) is 3.30. The molecule has 154 valence electrons. The second kappa shape index (κ2) is 10.7. The topological polar surface area (TPSA) is 80.6 Å². The van der Waals surface area contributed by atoms with E-state index in [1.807, 2.05) is 30.3 Å². The molecule has 2 N–H and O–H groups in total. The summed E-state index contributed by atoms with van der Waals surface area (Å²) in [5, 5.41) is 5.41. The summed E-state index contributed by atoms with van der Waals surface area (Å²) >= 11 is 0. The van der Waals surface area contributed by atoms with Gasteiger partial charge in [0.05, 0.1) is 12.8 Å². The fraction of sp³-hybridized carbons (Fsp3) is 0.167. The lowest BCUT2D eigenvalue weighted by Crippen LogP contribution is -2.36. The number of hydrogen-bond acceptors (Lipinski definition) is 4. The van der Waals surface area contributed by atoms with Gasteiger partial charge in [0.25, 0.3) is 11.8 Å². The summed E-state index contributed by atoms with van der Waals surface area (Å²) < 4.78 is 10.9. The van der Waals surface area contributed by atoms with E-state index in [1.54, 1.807) is 36.4 Å². The molecule has 0 atom stereocenters. The Kier molecular flexibility index (Phi) is 7.44. The number of benzene rings is 2. The van der Waals surface area contributed by atoms with Gasteiger partial charge in [0.1, 0.15) is 23.8 Å². The first-order valence-electron chi connectivity index (χ1n) is 9.77. The van der Waals surface area contributed by atoms with Gasteiger partial charge in [-0.2, -0.15) is 0 Å². The third-order valence-corrected chi connectivity index (χ3v) is 4.35. The molecular formula is C24H24N2O4. The molecule has 0 fully saturated rings. The van der Waals surface area contributed by atoms with Crippen LogP contribution in [-0.4, -0.2) is 25.0 Å². The van der Waals surface area contributed by atoms with Crippen LogP contribution in [0.25, 0.3) is 6.08 Å². The molecule has 0 saturated carbocycles. The Balaban J connectivity index is 1.58. The molecule has 0 saturated heterocycles. The summed E-state index contributed by atoms with van der Waals surface area (Å²) in [6.07, 6.45) is 3.95. The molecule has 0 aliphatic carbocycles. The zero-order valence-corrected chi connectivity index (χ0v) is 16.8. The van der Waals surface area contributed by atoms with Crippen molar-refractivity contribution in [2.75, 3.05) is 13.2 Å². The van der Waals surface area contributed by atoms with E-state index >= 15 is 0 Å². The molecule has 30 heavy (non-hydrogen) atoms. The zero-order valence-electron chi connectivity index (χ0n) is 16.8. The highest BCUT2D eigenvalue weighted by Crippen LogP contribution is 2.12. The number of hydrogen-bond donors (Lipinski definition) is 2. The number of amides is 2. The normalized spacial score (nSPS) is 11.0. The maximum Gasteiger partial charge on any atom is 0.268 e. The van der Waals surface area contributed by atoms with Gasteiger partial charge in [0, 0.05) is 11.6 Å². The van der Waals surface area contributed by atoms with Crippen LogP contribution in [-0.2, 0) is 11.2 Å². The second-order valence-corrected chi connectivity index (χ2v) is 6.50. The van der Waals surface area contributed by atoms with E-state index in [4.69, 9.17) is 9.15 Å². The van der Waals surface area contributed by atoms with Gasteiger partial charge in [-0.05, 0) is 48.4 Å². The van der Waals surface area contributed by atoms with Crippen LogP contribution >= 0.6 is 0 Å². The van der Waals surface area contributed by atoms with Gasteiger partial charge in [-0.25, -0.2) is 0 Å². The van der Waals surface area contributed by atoms with Crippen LogP contribution < -0.4 is 15.4 Å². The molecule has 6 heteroatoms. The summed E-state index contributed by atoms with van der Waals surface area (Å²) in [5.41, 5.74) is 1.78. The third kappa shape index (κ3) is 6.10. The van der Waals surface area contributed by atoms with Crippen LogP contribution in [0.1, 0.15) is 28.6 Å². The fourth-order valence-corrected chi connectivity index (χ4v) is 2.71. The molecule has 0 bridgehead atoms. The van der Waals surface area contributed by atoms with Gasteiger partial charge in [0.2, 0.25) is 0 Å². The van der Waals surface area contributed by atoms with Gasteiger partial charge in [-0.1, -0.05) is 37.3 Å². The van der Waals surface area contributed by atoms with Crippen molar-refractivity contribution < 1.29 is 18.7 Å². The lowest BCUT2D eigenvalue weighted by molar-refractivity contribution is -0.117. The highest BCUT2D eigenvalue weighted by molar-refractivity contribution is 6.05. The van der Waals surface area contributed by atoms with Gasteiger partial charge < -0.3 is 19.8 Å². The largest absolute Gasteiger partial charge is 0.492 e. The molecule has 6 nitrogen and oxygen atoms in total. The standard InChI is InChI=1S/C24H24N2O4/c1-2-18-10-12-20(13-11-18)30-16-14-25-24(28)22(17-21-9-6-15-29-21)26-23(27)19-7-4-3-5-8-19/h3-13,15,17H,2,14,16H2,1H3,(H,25,28)(H,26,27)/b22-17-. The van der Waals surface area contributed by atoms with Crippen LogP contribution in [0.2, 0.25) is 0 Å². The predicted octanol–water partition coefficient (Wildman–Crippen LogP) is 3.81. The molecule has 0 aliphatic rings. The van der Waals surface area contributed by atoms with Crippen LogP contribution in [0.5, 0.6) is 5.75 Å². The molecule has 2 aromatic carbocycles. The Morgan fingerprint density at radius 1 is 1.00 bits per heavy atom. The van der Waals surface area contributed by atoms with Gasteiger partial charge >= 0.3 is 0 Å². The molecule has 0 aliphatic heterocycles. The predicted molar refractivity (Wildman–Crippen MR) is 115 cm³/mol. The summed E-state index contributed by atoms with van der Waals surface area (Å²) in [6, 6.07) is 19.9. The Morgan fingerprint density at radius 3 is 2.43 bits per heavy atom. The summed E-state index contributed by atoms with van der Waals surface area (Å²) in [4.78, 5) is 25.1.